The number of alkyl carbamates (subject to hydrolysis) is 1. The number of benzene rings is 3. The maximum absolute atomic E-state index is 12.7. The number of amides is 1. The maximum atomic E-state index is 12.7. The lowest BCUT2D eigenvalue weighted by atomic mass is 9.98. The van der Waals surface area contributed by atoms with Crippen molar-refractivity contribution < 1.29 is 24.2 Å². The standard InChI is InChI=1S/C26H25NO5/c1-15-12-17(13-16(2)24(15)28)23(25(29)31-3)27-26(30)32-14-22-20-10-6-4-8-18(20)19-9-5-7-11-21(19)22/h4-13,22-23,28H,14H2,1-3H3,(H,27,30). The second-order valence-electron chi connectivity index (χ2n) is 7.93. The number of phenolic OH excluding ortho intramolecular Hbond substituents is 1. The van der Waals surface area contributed by atoms with E-state index in [4.69, 9.17) is 9.47 Å². The number of hydrogen-bond acceptors (Lipinski definition) is 5. The van der Waals surface area contributed by atoms with E-state index in [1.807, 2.05) is 36.4 Å². The first-order valence-corrected chi connectivity index (χ1v) is 10.4. The number of hydrogen-bond donors (Lipinski definition) is 2. The Kier molecular flexibility index (Phi) is 5.86. The minimum atomic E-state index is -1.05. The summed E-state index contributed by atoms with van der Waals surface area (Å²) in [6.45, 7) is 3.60. The summed E-state index contributed by atoms with van der Waals surface area (Å²) in [6.07, 6.45) is -0.717. The molecule has 0 saturated heterocycles. The van der Waals surface area contributed by atoms with Crippen molar-refractivity contribution in [1.29, 1.82) is 0 Å². The van der Waals surface area contributed by atoms with Gasteiger partial charge in [-0.1, -0.05) is 48.5 Å². The van der Waals surface area contributed by atoms with Crippen molar-refractivity contribution in [3.05, 3.63) is 88.5 Å². The number of aromatic hydroxyl groups is 1. The van der Waals surface area contributed by atoms with E-state index in [9.17, 15) is 14.7 Å². The number of rotatable bonds is 5. The molecule has 4 rings (SSSR count). The van der Waals surface area contributed by atoms with Crippen LogP contribution in [0.4, 0.5) is 4.79 Å². The molecule has 3 aromatic rings. The van der Waals surface area contributed by atoms with Crippen molar-refractivity contribution in [2.45, 2.75) is 25.8 Å². The average Bonchev–Trinajstić information content (AvgIpc) is 3.12. The average molecular weight is 431 g/mol. The summed E-state index contributed by atoms with van der Waals surface area (Å²) in [5, 5.41) is 12.6. The third-order valence-electron chi connectivity index (χ3n) is 5.89. The summed E-state index contributed by atoms with van der Waals surface area (Å²) in [5.74, 6) is -0.551. The number of ether oxygens (including phenoxy) is 2. The van der Waals surface area contributed by atoms with Crippen molar-refractivity contribution in [1.82, 2.24) is 5.32 Å². The second-order valence-corrected chi connectivity index (χ2v) is 7.93. The van der Waals surface area contributed by atoms with E-state index < -0.39 is 18.1 Å². The van der Waals surface area contributed by atoms with Crippen molar-refractivity contribution >= 4 is 12.1 Å². The van der Waals surface area contributed by atoms with Gasteiger partial charge in [0.15, 0.2) is 6.04 Å². The maximum Gasteiger partial charge on any atom is 0.408 e. The fourth-order valence-electron chi connectivity index (χ4n) is 4.31. The highest BCUT2D eigenvalue weighted by molar-refractivity contribution is 5.83. The van der Waals surface area contributed by atoms with Gasteiger partial charge in [0.25, 0.3) is 0 Å². The van der Waals surface area contributed by atoms with Crippen LogP contribution in [0.25, 0.3) is 11.1 Å². The van der Waals surface area contributed by atoms with Crippen LogP contribution in [-0.2, 0) is 14.3 Å². The van der Waals surface area contributed by atoms with E-state index in [1.54, 1.807) is 26.0 Å². The molecule has 0 aromatic heterocycles. The van der Waals surface area contributed by atoms with E-state index in [-0.39, 0.29) is 18.3 Å². The van der Waals surface area contributed by atoms with E-state index >= 15 is 0 Å². The zero-order valence-corrected chi connectivity index (χ0v) is 18.2. The first kappa shape index (κ1) is 21.4. The third kappa shape index (κ3) is 3.91. The molecule has 0 heterocycles. The Balaban J connectivity index is 1.52. The highest BCUT2D eigenvalue weighted by atomic mass is 16.6. The summed E-state index contributed by atoms with van der Waals surface area (Å²) < 4.78 is 10.4. The number of methoxy groups -OCH3 is 1. The zero-order chi connectivity index (χ0) is 22.8. The molecule has 1 aliphatic carbocycles. The molecule has 0 saturated carbocycles. The largest absolute Gasteiger partial charge is 0.507 e. The first-order valence-electron chi connectivity index (χ1n) is 10.4. The Morgan fingerprint density at radius 2 is 1.50 bits per heavy atom. The number of aryl methyl sites for hydroxylation is 2. The van der Waals surface area contributed by atoms with Crippen LogP contribution in [0.3, 0.4) is 0 Å². The number of fused-ring (bicyclic) bond motifs is 3. The van der Waals surface area contributed by atoms with Crippen LogP contribution in [0.5, 0.6) is 5.75 Å². The number of phenols is 1. The topological polar surface area (TPSA) is 84.9 Å². The summed E-state index contributed by atoms with van der Waals surface area (Å²) in [6, 6.07) is 18.4. The quantitative estimate of drug-likeness (QED) is 0.569. The van der Waals surface area contributed by atoms with Crippen molar-refractivity contribution in [2.24, 2.45) is 0 Å². The third-order valence-corrected chi connectivity index (χ3v) is 5.89. The smallest absolute Gasteiger partial charge is 0.408 e. The molecule has 0 aliphatic heterocycles. The fourth-order valence-corrected chi connectivity index (χ4v) is 4.31. The molecule has 0 fully saturated rings. The molecule has 6 heteroatoms. The molecular weight excluding hydrogens is 406 g/mol. The molecule has 6 nitrogen and oxygen atoms in total. The van der Waals surface area contributed by atoms with Crippen LogP contribution >= 0.6 is 0 Å². The Hall–Kier alpha value is -3.80. The summed E-state index contributed by atoms with van der Waals surface area (Å²) in [4.78, 5) is 25.1. The molecule has 1 amide bonds. The fraction of sp³-hybridized carbons (Fsp3) is 0.231. The molecule has 0 bridgehead atoms. The number of nitrogens with one attached hydrogen (secondary N) is 1. The Labute approximate surface area is 186 Å². The first-order chi connectivity index (χ1) is 15.4. The Morgan fingerprint density at radius 1 is 0.969 bits per heavy atom. The molecule has 1 aliphatic rings. The predicted octanol–water partition coefficient (Wildman–Crippen LogP) is 4.76. The summed E-state index contributed by atoms with van der Waals surface area (Å²) >= 11 is 0. The molecule has 0 radical (unpaired) electrons. The van der Waals surface area contributed by atoms with Gasteiger partial charge in [0.2, 0.25) is 0 Å². The number of carbonyl (C=O) groups excluding carboxylic acids is 2. The van der Waals surface area contributed by atoms with Gasteiger partial charge in [-0.15, -0.1) is 0 Å². The molecule has 1 unspecified atom stereocenters. The zero-order valence-electron chi connectivity index (χ0n) is 18.2. The predicted molar refractivity (Wildman–Crippen MR) is 121 cm³/mol. The van der Waals surface area contributed by atoms with Crippen molar-refractivity contribution in [2.75, 3.05) is 13.7 Å². The van der Waals surface area contributed by atoms with Crippen molar-refractivity contribution in [3.63, 3.8) is 0 Å². The molecule has 2 N–H and O–H groups in total. The molecule has 164 valence electrons. The number of esters is 1. The van der Waals surface area contributed by atoms with Crippen LogP contribution in [0, 0.1) is 13.8 Å². The van der Waals surface area contributed by atoms with Gasteiger partial charge < -0.3 is 19.9 Å². The van der Waals surface area contributed by atoms with Crippen LogP contribution in [-0.4, -0.2) is 30.9 Å². The lowest BCUT2D eigenvalue weighted by Crippen LogP contribution is -2.35. The molecule has 1 atom stereocenters. The highest BCUT2D eigenvalue weighted by Crippen LogP contribution is 2.44. The van der Waals surface area contributed by atoms with Crippen LogP contribution in [0.1, 0.15) is 39.8 Å². The second kappa shape index (κ2) is 8.75. The Morgan fingerprint density at radius 3 is 2.03 bits per heavy atom. The molecular formula is C26H25NO5. The Bertz CT molecular complexity index is 1120. The van der Waals surface area contributed by atoms with Gasteiger partial charge in [-0.05, 0) is 64.9 Å². The van der Waals surface area contributed by atoms with E-state index in [2.05, 4.69) is 17.4 Å². The monoisotopic (exact) mass is 431 g/mol. The van der Waals surface area contributed by atoms with Crippen molar-refractivity contribution in [3.8, 4) is 16.9 Å². The highest BCUT2D eigenvalue weighted by Gasteiger charge is 2.30. The molecule has 32 heavy (non-hydrogen) atoms. The van der Waals surface area contributed by atoms with E-state index in [0.717, 1.165) is 22.3 Å². The number of carbonyl (C=O) groups is 2. The van der Waals surface area contributed by atoms with Gasteiger partial charge in [-0.2, -0.15) is 0 Å². The minimum Gasteiger partial charge on any atom is -0.507 e. The van der Waals surface area contributed by atoms with Gasteiger partial charge in [0.1, 0.15) is 12.4 Å². The molecule has 3 aromatic carbocycles. The van der Waals surface area contributed by atoms with Gasteiger partial charge in [0.05, 0.1) is 7.11 Å². The summed E-state index contributed by atoms with van der Waals surface area (Å²) in [5.41, 5.74) is 6.20. The van der Waals surface area contributed by atoms with Crippen LogP contribution in [0.2, 0.25) is 0 Å². The van der Waals surface area contributed by atoms with Gasteiger partial charge >= 0.3 is 12.1 Å². The molecule has 0 spiro atoms. The lowest BCUT2D eigenvalue weighted by molar-refractivity contribution is -0.143. The van der Waals surface area contributed by atoms with E-state index in [1.165, 1.54) is 7.11 Å². The van der Waals surface area contributed by atoms with Gasteiger partial charge in [-0.3, -0.25) is 0 Å². The summed E-state index contributed by atoms with van der Waals surface area (Å²) in [7, 11) is 1.26. The van der Waals surface area contributed by atoms with Gasteiger partial charge in [-0.25, -0.2) is 9.59 Å². The van der Waals surface area contributed by atoms with E-state index in [0.29, 0.717) is 16.7 Å². The normalized spacial score (nSPS) is 13.1. The van der Waals surface area contributed by atoms with Gasteiger partial charge in [0, 0.05) is 5.92 Å². The van der Waals surface area contributed by atoms with Crippen LogP contribution < -0.4 is 5.32 Å². The van der Waals surface area contributed by atoms with Crippen LogP contribution in [0.15, 0.2) is 60.7 Å². The lowest BCUT2D eigenvalue weighted by Gasteiger charge is -2.20. The minimum absolute atomic E-state index is 0.0807. The SMILES string of the molecule is COC(=O)C(NC(=O)OCC1c2ccccc2-c2ccccc21)c1cc(C)c(O)c(C)c1.